The van der Waals surface area contributed by atoms with E-state index in [-0.39, 0.29) is 29.9 Å². The van der Waals surface area contributed by atoms with Crippen LogP contribution in [0.3, 0.4) is 0 Å². The molecular weight excluding hydrogens is 596 g/mol. The normalized spacial score (nSPS) is 20.5. The number of benzene rings is 2. The Labute approximate surface area is 264 Å². The highest BCUT2D eigenvalue weighted by Gasteiger charge is 2.30. The first-order valence-electron chi connectivity index (χ1n) is 15.3. The van der Waals surface area contributed by atoms with E-state index in [4.69, 9.17) is 15.5 Å². The van der Waals surface area contributed by atoms with Crippen LogP contribution in [0.4, 0.5) is 17.2 Å². The number of fused-ring (bicyclic) bond motifs is 2. The van der Waals surface area contributed by atoms with E-state index in [1.54, 1.807) is 24.4 Å². The van der Waals surface area contributed by atoms with E-state index >= 15 is 0 Å². The summed E-state index contributed by atoms with van der Waals surface area (Å²) in [7, 11) is -3.64. The van der Waals surface area contributed by atoms with Gasteiger partial charge >= 0.3 is 0 Å². The Morgan fingerprint density at radius 2 is 1.89 bits per heavy atom. The Hall–Kier alpha value is -3.28. The summed E-state index contributed by atoms with van der Waals surface area (Å²) in [6.07, 6.45) is 8.50. The Balaban J connectivity index is 0.00000343. The predicted octanol–water partition coefficient (Wildman–Crippen LogP) is 4.99. The first-order chi connectivity index (χ1) is 21.0. The standard InChI is InChI=1S/C33H38N6O3S.ClH/c34-24-12-15-39(21-24)33-27-7-2-1-3-8-29(27)38-30-10-9-22(17-28(30)33)23-11-13-36-31(18-23)37-25-5-4-6-26(19-25)43(40,41)32-20-35-14-16-42-32;/h4-6,9-11,13,17-19,24,32,35H,1-3,7-8,12,14-16,20-21,34H2,(H,36,37);1H/t24?,32-;/m0./s1. The van der Waals surface area contributed by atoms with E-state index in [2.05, 4.69) is 38.7 Å². The van der Waals surface area contributed by atoms with Crippen molar-refractivity contribution in [3.8, 4) is 11.1 Å². The fourth-order valence-corrected chi connectivity index (χ4v) is 8.05. The number of anilines is 3. The second-order valence-corrected chi connectivity index (χ2v) is 13.9. The fraction of sp³-hybridized carbons (Fsp3) is 0.394. The first-order valence-corrected chi connectivity index (χ1v) is 16.9. The van der Waals surface area contributed by atoms with Crippen LogP contribution < -0.4 is 21.3 Å². The molecule has 0 spiro atoms. The maximum atomic E-state index is 13.2. The van der Waals surface area contributed by atoms with Crippen molar-refractivity contribution in [2.24, 2.45) is 5.73 Å². The molecule has 2 fully saturated rings. The maximum absolute atomic E-state index is 13.2. The van der Waals surface area contributed by atoms with Crippen molar-refractivity contribution in [1.82, 2.24) is 15.3 Å². The summed E-state index contributed by atoms with van der Waals surface area (Å²) < 4.78 is 31.9. The van der Waals surface area contributed by atoms with Crippen LogP contribution in [-0.2, 0) is 27.4 Å². The van der Waals surface area contributed by atoms with Gasteiger partial charge in [-0.3, -0.25) is 4.98 Å². The summed E-state index contributed by atoms with van der Waals surface area (Å²) >= 11 is 0. The highest BCUT2D eigenvalue weighted by atomic mass is 35.5. The molecule has 44 heavy (non-hydrogen) atoms. The van der Waals surface area contributed by atoms with Gasteiger partial charge in [0.05, 0.1) is 22.7 Å². The molecule has 2 atom stereocenters. The lowest BCUT2D eigenvalue weighted by Crippen LogP contribution is -2.43. The molecule has 4 N–H and O–H groups in total. The monoisotopic (exact) mass is 634 g/mol. The number of ether oxygens (including phenoxy) is 1. The smallest absolute Gasteiger partial charge is 0.206 e. The zero-order valence-corrected chi connectivity index (χ0v) is 26.3. The lowest BCUT2D eigenvalue weighted by molar-refractivity contribution is 0.0785. The van der Waals surface area contributed by atoms with Gasteiger partial charge in [0, 0.05) is 55.2 Å². The number of nitrogens with two attached hydrogens (primary N) is 1. The Kier molecular flexibility index (Phi) is 9.07. The van der Waals surface area contributed by atoms with E-state index in [1.807, 2.05) is 18.2 Å². The highest BCUT2D eigenvalue weighted by molar-refractivity contribution is 7.92. The van der Waals surface area contributed by atoms with Gasteiger partial charge in [-0.1, -0.05) is 18.6 Å². The van der Waals surface area contributed by atoms with Crippen molar-refractivity contribution >= 4 is 50.3 Å². The van der Waals surface area contributed by atoms with E-state index in [9.17, 15) is 8.42 Å². The van der Waals surface area contributed by atoms with Crippen molar-refractivity contribution in [3.05, 3.63) is 72.1 Å². The van der Waals surface area contributed by atoms with E-state index in [0.717, 1.165) is 49.0 Å². The topological polar surface area (TPSA) is 122 Å². The third-order valence-corrected chi connectivity index (χ3v) is 10.7. The summed E-state index contributed by atoms with van der Waals surface area (Å²) in [5.74, 6) is 0.633. The number of halogens is 1. The predicted molar refractivity (Wildman–Crippen MR) is 178 cm³/mol. The number of aromatic nitrogens is 2. The number of pyridine rings is 2. The Morgan fingerprint density at radius 1 is 1.02 bits per heavy atom. The van der Waals surface area contributed by atoms with E-state index in [1.165, 1.54) is 41.6 Å². The highest BCUT2D eigenvalue weighted by Crippen LogP contribution is 2.39. The summed E-state index contributed by atoms with van der Waals surface area (Å²) in [6, 6.07) is 17.6. The van der Waals surface area contributed by atoms with Gasteiger partial charge in [-0.2, -0.15) is 0 Å². The molecular formula is C33H39ClN6O3S. The molecule has 2 aromatic carbocycles. The van der Waals surface area contributed by atoms with Crippen LogP contribution in [0.1, 0.15) is 36.9 Å². The number of hydrogen-bond donors (Lipinski definition) is 3. The molecule has 11 heteroatoms. The zero-order valence-electron chi connectivity index (χ0n) is 24.7. The molecule has 4 aromatic rings. The van der Waals surface area contributed by atoms with Crippen LogP contribution in [0.25, 0.3) is 22.0 Å². The molecule has 0 bridgehead atoms. The second kappa shape index (κ2) is 13.0. The molecule has 2 saturated heterocycles. The van der Waals surface area contributed by atoms with E-state index < -0.39 is 15.3 Å². The third kappa shape index (κ3) is 6.14. The summed E-state index contributed by atoms with van der Waals surface area (Å²) in [5, 5.41) is 7.58. The third-order valence-electron chi connectivity index (χ3n) is 8.79. The number of nitrogens with zero attached hydrogens (tertiary/aromatic N) is 3. The molecule has 1 aliphatic carbocycles. The van der Waals surface area contributed by atoms with Crippen molar-refractivity contribution in [2.45, 2.75) is 54.9 Å². The average Bonchev–Trinajstić information content (AvgIpc) is 3.32. The van der Waals surface area contributed by atoms with Gasteiger partial charge in [-0.05, 0) is 91.3 Å². The number of hydrogen-bond acceptors (Lipinski definition) is 9. The summed E-state index contributed by atoms with van der Waals surface area (Å²) in [6.45, 7) is 3.15. The molecule has 0 amide bonds. The van der Waals surface area contributed by atoms with Crippen LogP contribution >= 0.6 is 12.4 Å². The van der Waals surface area contributed by atoms with Crippen LogP contribution in [0.5, 0.6) is 0 Å². The lowest BCUT2D eigenvalue weighted by atomic mass is 9.97. The molecule has 7 rings (SSSR count). The quantitative estimate of drug-likeness (QED) is 0.252. The van der Waals surface area contributed by atoms with Gasteiger partial charge in [0.2, 0.25) is 9.84 Å². The summed E-state index contributed by atoms with van der Waals surface area (Å²) in [5.41, 5.74) is 13.2. The van der Waals surface area contributed by atoms with Gasteiger partial charge < -0.3 is 26.0 Å². The van der Waals surface area contributed by atoms with Gasteiger partial charge in [0.15, 0.2) is 5.44 Å². The SMILES string of the molecule is Cl.NC1CCN(c2c3c(nc4ccc(-c5ccnc(Nc6cccc(S(=O)(=O)[C@H]7CNCCO7)c6)c5)cc24)CCCCC3)C1. The van der Waals surface area contributed by atoms with Gasteiger partial charge in [-0.15, -0.1) is 12.4 Å². The number of sulfone groups is 1. The fourth-order valence-electron chi connectivity index (χ4n) is 6.58. The molecule has 9 nitrogen and oxygen atoms in total. The van der Waals surface area contributed by atoms with Gasteiger partial charge in [-0.25, -0.2) is 13.4 Å². The minimum Gasteiger partial charge on any atom is -0.369 e. The average molecular weight is 635 g/mol. The van der Waals surface area contributed by atoms with Crippen LogP contribution in [0.2, 0.25) is 0 Å². The first kappa shape index (κ1) is 30.7. The zero-order chi connectivity index (χ0) is 29.4. The summed E-state index contributed by atoms with van der Waals surface area (Å²) in [4.78, 5) is 12.4. The van der Waals surface area contributed by atoms with Crippen molar-refractivity contribution in [3.63, 3.8) is 0 Å². The minimum atomic E-state index is -3.64. The van der Waals surface area contributed by atoms with Gasteiger partial charge in [0.25, 0.3) is 0 Å². The molecule has 2 aromatic heterocycles. The Morgan fingerprint density at radius 3 is 2.70 bits per heavy atom. The van der Waals surface area contributed by atoms with Crippen molar-refractivity contribution in [1.29, 1.82) is 0 Å². The Bertz CT molecular complexity index is 1760. The number of aryl methyl sites for hydroxylation is 1. The molecule has 2 aliphatic heterocycles. The van der Waals surface area contributed by atoms with Crippen molar-refractivity contribution in [2.75, 3.05) is 43.0 Å². The van der Waals surface area contributed by atoms with E-state index in [0.29, 0.717) is 24.7 Å². The lowest BCUT2D eigenvalue weighted by Gasteiger charge is -2.25. The molecule has 3 aliphatic rings. The number of morpholine rings is 1. The molecule has 0 radical (unpaired) electrons. The molecule has 232 valence electrons. The maximum Gasteiger partial charge on any atom is 0.206 e. The second-order valence-electron chi connectivity index (χ2n) is 11.8. The van der Waals surface area contributed by atoms with Crippen LogP contribution in [0.15, 0.2) is 65.7 Å². The largest absolute Gasteiger partial charge is 0.369 e. The minimum absolute atomic E-state index is 0. The van der Waals surface area contributed by atoms with Crippen LogP contribution in [-0.4, -0.2) is 62.6 Å². The number of rotatable bonds is 6. The van der Waals surface area contributed by atoms with Gasteiger partial charge in [0.1, 0.15) is 5.82 Å². The number of nitrogens with one attached hydrogen (secondary N) is 2. The van der Waals surface area contributed by atoms with Crippen molar-refractivity contribution < 1.29 is 13.2 Å². The molecule has 1 unspecified atom stereocenters. The molecule has 4 heterocycles. The van der Waals surface area contributed by atoms with Crippen LogP contribution in [0, 0.1) is 0 Å². The molecule has 0 saturated carbocycles.